The Kier molecular flexibility index (Phi) is 5.54. The lowest BCUT2D eigenvalue weighted by atomic mass is 10.2. The average molecular weight is 389 g/mol. The van der Waals surface area contributed by atoms with Crippen LogP contribution in [0.2, 0.25) is 0 Å². The molecule has 20 heavy (non-hydrogen) atoms. The summed E-state index contributed by atoms with van der Waals surface area (Å²) in [5, 5.41) is 3.73. The molecule has 0 fully saturated rings. The van der Waals surface area contributed by atoms with Crippen LogP contribution in [0.4, 0.5) is 5.69 Å². The lowest BCUT2D eigenvalue weighted by Gasteiger charge is -2.08. The van der Waals surface area contributed by atoms with Gasteiger partial charge in [-0.25, -0.2) is 0 Å². The van der Waals surface area contributed by atoms with Crippen LogP contribution in [0.15, 0.2) is 31.9 Å². The van der Waals surface area contributed by atoms with E-state index in [9.17, 15) is 4.79 Å². The number of nitrogens with zero attached hydrogens (tertiary/aromatic N) is 1. The molecule has 1 heterocycles. The number of aromatic nitrogens is 1. The second-order valence-corrected chi connectivity index (χ2v) is 7.47. The summed E-state index contributed by atoms with van der Waals surface area (Å²) in [7, 11) is 0. The van der Waals surface area contributed by atoms with Gasteiger partial charge in [-0.05, 0) is 54.7 Å². The van der Waals surface area contributed by atoms with Crippen molar-refractivity contribution in [3.63, 3.8) is 0 Å². The first-order valence-electron chi connectivity index (χ1n) is 5.72. The third-order valence-electron chi connectivity index (χ3n) is 2.65. The molecule has 0 saturated carbocycles. The fourth-order valence-electron chi connectivity index (χ4n) is 1.65. The van der Waals surface area contributed by atoms with Gasteiger partial charge in [0.25, 0.3) is 5.91 Å². The van der Waals surface area contributed by atoms with Gasteiger partial charge < -0.3 is 5.32 Å². The summed E-state index contributed by atoms with van der Waals surface area (Å²) in [6.45, 7) is 1.99. The van der Waals surface area contributed by atoms with E-state index in [-0.39, 0.29) is 5.91 Å². The highest BCUT2D eigenvalue weighted by molar-refractivity contribution is 9.10. The number of aryl methyl sites for hydroxylation is 1. The quantitative estimate of drug-likeness (QED) is 0.755. The molecular weight excluding hydrogens is 376 g/mol. The minimum absolute atomic E-state index is 0.103. The first-order chi connectivity index (χ1) is 9.56. The summed E-state index contributed by atoms with van der Waals surface area (Å²) in [5.74, 6) is -0.103. The van der Waals surface area contributed by atoms with Gasteiger partial charge in [-0.15, -0.1) is 23.5 Å². The monoisotopic (exact) mass is 388 g/mol. The number of halogens is 1. The van der Waals surface area contributed by atoms with Crippen molar-refractivity contribution in [2.45, 2.75) is 16.2 Å². The summed E-state index contributed by atoms with van der Waals surface area (Å²) < 4.78 is 6.29. The molecule has 0 aliphatic heterocycles. The molecule has 2 rings (SSSR count). The van der Waals surface area contributed by atoms with E-state index in [4.69, 9.17) is 0 Å². The predicted molar refractivity (Wildman–Crippen MR) is 92.5 cm³/mol. The third kappa shape index (κ3) is 3.39. The first-order valence-corrected chi connectivity index (χ1v) is 9.73. The van der Waals surface area contributed by atoms with E-state index in [1.165, 1.54) is 23.3 Å². The van der Waals surface area contributed by atoms with E-state index >= 15 is 0 Å². The first kappa shape index (κ1) is 15.9. The fourth-order valence-corrected chi connectivity index (χ4v) is 4.17. The number of rotatable bonds is 4. The van der Waals surface area contributed by atoms with Crippen molar-refractivity contribution in [3.8, 4) is 0 Å². The highest BCUT2D eigenvalue weighted by Gasteiger charge is 2.20. The van der Waals surface area contributed by atoms with Gasteiger partial charge in [-0.3, -0.25) is 4.79 Å². The van der Waals surface area contributed by atoms with E-state index in [0.29, 0.717) is 5.56 Å². The maximum atomic E-state index is 12.4. The zero-order valence-corrected chi connectivity index (χ0v) is 15.2. The highest BCUT2D eigenvalue weighted by Crippen LogP contribution is 2.33. The Morgan fingerprint density at radius 1 is 1.35 bits per heavy atom. The Hall–Kier alpha value is -0.500. The number of anilines is 1. The van der Waals surface area contributed by atoms with Gasteiger partial charge in [0, 0.05) is 10.2 Å². The standard InChI is InChI=1S/C13H13BrN2OS3/c1-7-6-8(4-5-9(7)14)15-11(17)10-12(18-2)16-20-13(10)19-3/h4-6H,1-3H3,(H,15,17). The molecule has 106 valence electrons. The minimum atomic E-state index is -0.103. The largest absolute Gasteiger partial charge is 0.322 e. The summed E-state index contributed by atoms with van der Waals surface area (Å²) >= 11 is 7.87. The lowest BCUT2D eigenvalue weighted by Crippen LogP contribution is -2.13. The van der Waals surface area contributed by atoms with Crippen molar-refractivity contribution in [1.82, 2.24) is 4.37 Å². The molecule has 1 aromatic heterocycles. The second kappa shape index (κ2) is 6.98. The third-order valence-corrected chi connectivity index (χ3v) is 6.28. The van der Waals surface area contributed by atoms with Crippen molar-refractivity contribution >= 4 is 62.6 Å². The molecular formula is C13H13BrN2OS3. The zero-order valence-electron chi connectivity index (χ0n) is 11.2. The van der Waals surface area contributed by atoms with E-state index in [1.54, 1.807) is 11.8 Å². The van der Waals surface area contributed by atoms with E-state index in [2.05, 4.69) is 25.6 Å². The van der Waals surface area contributed by atoms with Crippen LogP contribution >= 0.6 is 51.0 Å². The van der Waals surface area contributed by atoms with Gasteiger partial charge in [0.1, 0.15) is 5.03 Å². The molecule has 0 bridgehead atoms. The van der Waals surface area contributed by atoms with Crippen molar-refractivity contribution in [2.24, 2.45) is 0 Å². The van der Waals surface area contributed by atoms with Gasteiger partial charge in [0.15, 0.2) is 0 Å². The van der Waals surface area contributed by atoms with Crippen LogP contribution in [0.25, 0.3) is 0 Å². The molecule has 1 amide bonds. The molecule has 2 aromatic rings. The van der Waals surface area contributed by atoms with Crippen molar-refractivity contribution < 1.29 is 4.79 Å². The molecule has 0 spiro atoms. The summed E-state index contributed by atoms with van der Waals surface area (Å²) in [4.78, 5) is 12.4. The molecule has 0 saturated heterocycles. The maximum Gasteiger partial charge on any atom is 0.260 e. The highest BCUT2D eigenvalue weighted by atomic mass is 79.9. The Bertz CT molecular complexity index is 621. The number of carbonyl (C=O) groups excluding carboxylic acids is 1. The van der Waals surface area contributed by atoms with Crippen molar-refractivity contribution in [2.75, 3.05) is 17.8 Å². The van der Waals surface area contributed by atoms with Crippen LogP contribution in [0.3, 0.4) is 0 Å². The number of hydrogen-bond acceptors (Lipinski definition) is 5. The van der Waals surface area contributed by atoms with Crippen molar-refractivity contribution in [1.29, 1.82) is 0 Å². The van der Waals surface area contributed by atoms with Crippen LogP contribution in [-0.4, -0.2) is 22.8 Å². The summed E-state index contributed by atoms with van der Waals surface area (Å²) in [6.07, 6.45) is 3.89. The number of nitrogens with one attached hydrogen (secondary N) is 1. The molecule has 1 aromatic carbocycles. The normalized spacial score (nSPS) is 10.6. The number of carbonyl (C=O) groups is 1. The second-order valence-electron chi connectivity index (χ2n) is 3.98. The summed E-state index contributed by atoms with van der Waals surface area (Å²) in [5.41, 5.74) is 2.55. The van der Waals surface area contributed by atoms with Gasteiger partial charge in [0.05, 0.1) is 9.77 Å². The molecule has 0 radical (unpaired) electrons. The average Bonchev–Trinajstić information content (AvgIpc) is 2.86. The fraction of sp³-hybridized carbons (Fsp3) is 0.231. The number of benzene rings is 1. The minimum Gasteiger partial charge on any atom is -0.322 e. The SMILES string of the molecule is CSc1nsc(SC)c1C(=O)Nc1ccc(Br)c(C)c1. The molecule has 3 nitrogen and oxygen atoms in total. The smallest absolute Gasteiger partial charge is 0.260 e. The topological polar surface area (TPSA) is 42.0 Å². The summed E-state index contributed by atoms with van der Waals surface area (Å²) in [6, 6.07) is 5.76. The maximum absolute atomic E-state index is 12.4. The number of amides is 1. The molecule has 0 aliphatic rings. The molecule has 0 unspecified atom stereocenters. The number of hydrogen-bond donors (Lipinski definition) is 1. The van der Waals surface area contributed by atoms with Crippen LogP contribution in [0.5, 0.6) is 0 Å². The van der Waals surface area contributed by atoms with Crippen LogP contribution in [0.1, 0.15) is 15.9 Å². The molecule has 1 N–H and O–H groups in total. The lowest BCUT2D eigenvalue weighted by molar-refractivity contribution is 0.102. The van der Waals surface area contributed by atoms with Crippen LogP contribution in [0, 0.1) is 6.92 Å². The van der Waals surface area contributed by atoms with Gasteiger partial charge in [-0.2, -0.15) is 4.37 Å². The van der Waals surface area contributed by atoms with Crippen molar-refractivity contribution in [3.05, 3.63) is 33.8 Å². The number of thioether (sulfide) groups is 2. The van der Waals surface area contributed by atoms with E-state index in [0.717, 1.165) is 25.0 Å². The molecule has 0 aliphatic carbocycles. The zero-order chi connectivity index (χ0) is 14.7. The van der Waals surface area contributed by atoms with E-state index in [1.807, 2.05) is 37.6 Å². The van der Waals surface area contributed by atoms with Crippen LogP contribution in [-0.2, 0) is 0 Å². The van der Waals surface area contributed by atoms with Gasteiger partial charge in [-0.1, -0.05) is 15.9 Å². The predicted octanol–water partition coefficient (Wildman–Crippen LogP) is 4.91. The Labute approximate surface area is 139 Å². The Morgan fingerprint density at radius 3 is 2.70 bits per heavy atom. The van der Waals surface area contributed by atoms with E-state index < -0.39 is 0 Å². The Morgan fingerprint density at radius 2 is 2.10 bits per heavy atom. The molecule has 0 atom stereocenters. The van der Waals surface area contributed by atoms with Gasteiger partial charge in [0.2, 0.25) is 0 Å². The van der Waals surface area contributed by atoms with Crippen LogP contribution < -0.4 is 5.32 Å². The Balaban J connectivity index is 2.27. The molecule has 7 heteroatoms. The van der Waals surface area contributed by atoms with Gasteiger partial charge >= 0.3 is 0 Å².